The molecule has 0 aliphatic carbocycles. The molecule has 0 fully saturated rings. The van der Waals surface area contributed by atoms with Crippen molar-refractivity contribution in [1.82, 2.24) is 5.32 Å². The Kier molecular flexibility index (Phi) is 47.0. The number of amides is 1. The Bertz CT molecular complexity index is 803. The van der Waals surface area contributed by atoms with E-state index in [1.165, 1.54) is 225 Å². The Labute approximate surface area is 357 Å². The summed E-state index contributed by atoms with van der Waals surface area (Å²) in [6.07, 6.45) is 57.8. The summed E-state index contributed by atoms with van der Waals surface area (Å²) in [6, 6.07) is -0.805. The second-order valence-corrected chi connectivity index (χ2v) is 18.1. The van der Waals surface area contributed by atoms with Gasteiger partial charge in [0.05, 0.1) is 18.8 Å². The third-order valence-corrected chi connectivity index (χ3v) is 12.4. The first-order valence-electron chi connectivity index (χ1n) is 26.0. The van der Waals surface area contributed by atoms with Crippen molar-refractivity contribution in [3.8, 4) is 0 Å². The highest BCUT2D eigenvalue weighted by atomic mass is 16.3. The molecule has 57 heavy (non-hydrogen) atoms. The Morgan fingerprint density at radius 1 is 0.421 bits per heavy atom. The number of unbranched alkanes of at least 4 members (excludes halogenated alkanes) is 38. The molecule has 0 rings (SSSR count). The van der Waals surface area contributed by atoms with Gasteiger partial charge in [-0.05, 0) is 38.5 Å². The zero-order valence-electron chi connectivity index (χ0n) is 38.7. The molecule has 0 aromatic heterocycles. The smallest absolute Gasteiger partial charge is 0.220 e. The summed E-state index contributed by atoms with van der Waals surface area (Å²) in [5.74, 6) is -0.140. The number of nitrogens with one attached hydrogen (secondary N) is 1. The number of aliphatic hydroxyl groups is 3. The van der Waals surface area contributed by atoms with E-state index in [4.69, 9.17) is 0 Å². The molecule has 0 aliphatic heterocycles. The Hall–Kier alpha value is -0.910. The molecule has 340 valence electrons. The maximum absolute atomic E-state index is 12.5. The molecule has 5 heteroatoms. The van der Waals surface area contributed by atoms with Crippen LogP contribution in [0, 0.1) is 0 Å². The molecule has 1 amide bonds. The predicted molar refractivity (Wildman–Crippen MR) is 250 cm³/mol. The average molecular weight is 806 g/mol. The molecule has 0 saturated heterocycles. The lowest BCUT2D eigenvalue weighted by Crippen LogP contribution is -2.50. The van der Waals surface area contributed by atoms with Crippen molar-refractivity contribution < 1.29 is 20.1 Å². The van der Waals surface area contributed by atoms with Crippen molar-refractivity contribution >= 4 is 5.91 Å². The molecule has 3 atom stereocenters. The van der Waals surface area contributed by atoms with Gasteiger partial charge in [0.15, 0.2) is 0 Å². The van der Waals surface area contributed by atoms with Gasteiger partial charge >= 0.3 is 0 Å². The maximum atomic E-state index is 12.5. The number of hydrogen-bond acceptors (Lipinski definition) is 4. The van der Waals surface area contributed by atoms with Gasteiger partial charge in [-0.15, -0.1) is 0 Å². The fourth-order valence-electron chi connectivity index (χ4n) is 8.34. The van der Waals surface area contributed by atoms with Crippen LogP contribution in [0.1, 0.15) is 290 Å². The van der Waals surface area contributed by atoms with Crippen LogP contribution >= 0.6 is 0 Å². The van der Waals surface area contributed by atoms with Crippen molar-refractivity contribution in [2.24, 2.45) is 0 Å². The summed E-state index contributed by atoms with van der Waals surface area (Å²) in [5.41, 5.74) is 0. The van der Waals surface area contributed by atoms with Crippen LogP contribution in [0.5, 0.6) is 0 Å². The predicted octanol–water partition coefficient (Wildman–Crippen LogP) is 15.6. The van der Waals surface area contributed by atoms with E-state index >= 15 is 0 Å². The number of aliphatic hydroxyl groups excluding tert-OH is 3. The van der Waals surface area contributed by atoms with Crippen LogP contribution < -0.4 is 5.32 Å². The fourth-order valence-corrected chi connectivity index (χ4v) is 8.34. The number of carbonyl (C=O) groups excluding carboxylic acids is 1. The number of carbonyl (C=O) groups is 1. The lowest BCUT2D eigenvalue weighted by atomic mass is 9.99. The van der Waals surface area contributed by atoms with Crippen LogP contribution in [0.2, 0.25) is 0 Å². The van der Waals surface area contributed by atoms with Crippen LogP contribution in [0.4, 0.5) is 0 Å². The van der Waals surface area contributed by atoms with Crippen LogP contribution in [0.3, 0.4) is 0 Å². The van der Waals surface area contributed by atoms with E-state index in [9.17, 15) is 20.1 Å². The SMILES string of the molecule is CCCCCCCCCCCCCC/C=C\CCCCCCCCCCCCCCCCC(=O)NC(CO)C(O)C(O)CCCCCCCCCCCCCCC. The molecule has 3 unspecified atom stereocenters. The van der Waals surface area contributed by atoms with Gasteiger partial charge in [0.1, 0.15) is 6.10 Å². The lowest BCUT2D eigenvalue weighted by Gasteiger charge is -2.26. The van der Waals surface area contributed by atoms with Crippen LogP contribution in [-0.4, -0.2) is 46.1 Å². The summed E-state index contributed by atoms with van der Waals surface area (Å²) in [6.45, 7) is 4.20. The number of rotatable bonds is 48. The van der Waals surface area contributed by atoms with Crippen LogP contribution in [-0.2, 0) is 4.79 Å². The third kappa shape index (κ3) is 43.0. The summed E-state index contributed by atoms with van der Waals surface area (Å²) >= 11 is 0. The molecular formula is C52H103NO4. The molecular weight excluding hydrogens is 703 g/mol. The summed E-state index contributed by atoms with van der Waals surface area (Å²) in [4.78, 5) is 12.5. The van der Waals surface area contributed by atoms with Gasteiger partial charge < -0.3 is 20.6 Å². The second kappa shape index (κ2) is 47.8. The van der Waals surface area contributed by atoms with Gasteiger partial charge in [-0.1, -0.05) is 257 Å². The fraction of sp³-hybridized carbons (Fsp3) is 0.942. The Morgan fingerprint density at radius 2 is 0.702 bits per heavy atom. The van der Waals surface area contributed by atoms with E-state index in [1.54, 1.807) is 0 Å². The molecule has 0 spiro atoms. The third-order valence-electron chi connectivity index (χ3n) is 12.4. The summed E-state index contributed by atoms with van der Waals surface area (Å²) < 4.78 is 0. The first-order chi connectivity index (χ1) is 28.1. The normalized spacial score (nSPS) is 13.4. The minimum atomic E-state index is -1.13. The molecule has 0 radical (unpaired) electrons. The van der Waals surface area contributed by atoms with Crippen molar-refractivity contribution in [1.29, 1.82) is 0 Å². The Morgan fingerprint density at radius 3 is 1.02 bits per heavy atom. The van der Waals surface area contributed by atoms with E-state index in [2.05, 4.69) is 31.3 Å². The summed E-state index contributed by atoms with van der Waals surface area (Å²) in [7, 11) is 0. The molecule has 0 aromatic rings. The van der Waals surface area contributed by atoms with E-state index in [-0.39, 0.29) is 12.5 Å². The molecule has 0 heterocycles. The highest BCUT2D eigenvalue weighted by Crippen LogP contribution is 2.17. The zero-order chi connectivity index (χ0) is 41.5. The van der Waals surface area contributed by atoms with Gasteiger partial charge in [0.25, 0.3) is 0 Å². The van der Waals surface area contributed by atoms with E-state index < -0.39 is 18.2 Å². The number of allylic oxidation sites excluding steroid dienone is 2. The van der Waals surface area contributed by atoms with Crippen molar-refractivity contribution in [2.75, 3.05) is 6.61 Å². The van der Waals surface area contributed by atoms with Crippen LogP contribution in [0.15, 0.2) is 12.2 Å². The highest BCUT2D eigenvalue weighted by molar-refractivity contribution is 5.76. The van der Waals surface area contributed by atoms with Gasteiger partial charge in [-0.3, -0.25) is 4.79 Å². The highest BCUT2D eigenvalue weighted by Gasteiger charge is 2.26. The topological polar surface area (TPSA) is 89.8 Å². The van der Waals surface area contributed by atoms with Crippen molar-refractivity contribution in [2.45, 2.75) is 308 Å². The monoisotopic (exact) mass is 806 g/mol. The lowest BCUT2D eigenvalue weighted by molar-refractivity contribution is -0.124. The molecule has 0 bridgehead atoms. The van der Waals surface area contributed by atoms with Gasteiger partial charge in [0.2, 0.25) is 5.91 Å². The first kappa shape index (κ1) is 56.1. The second-order valence-electron chi connectivity index (χ2n) is 18.1. The molecule has 0 saturated carbocycles. The first-order valence-corrected chi connectivity index (χ1v) is 26.0. The van der Waals surface area contributed by atoms with Crippen molar-refractivity contribution in [3.63, 3.8) is 0 Å². The van der Waals surface area contributed by atoms with Crippen molar-refractivity contribution in [3.05, 3.63) is 12.2 Å². The zero-order valence-corrected chi connectivity index (χ0v) is 38.7. The largest absolute Gasteiger partial charge is 0.394 e. The van der Waals surface area contributed by atoms with E-state index in [0.29, 0.717) is 12.8 Å². The van der Waals surface area contributed by atoms with E-state index in [0.717, 1.165) is 38.5 Å². The molecule has 5 nitrogen and oxygen atoms in total. The van der Waals surface area contributed by atoms with Gasteiger partial charge in [-0.25, -0.2) is 0 Å². The quantitative estimate of drug-likeness (QED) is 0.0364. The molecule has 0 aliphatic rings. The summed E-state index contributed by atoms with van der Waals surface area (Å²) in [5, 5.41) is 33.6. The molecule has 4 N–H and O–H groups in total. The minimum absolute atomic E-state index is 0.140. The van der Waals surface area contributed by atoms with Gasteiger partial charge in [0, 0.05) is 6.42 Å². The number of hydrogen-bond donors (Lipinski definition) is 4. The maximum Gasteiger partial charge on any atom is 0.220 e. The molecule has 0 aromatic carbocycles. The van der Waals surface area contributed by atoms with Crippen LogP contribution in [0.25, 0.3) is 0 Å². The minimum Gasteiger partial charge on any atom is -0.394 e. The Balaban J connectivity index is 3.49. The average Bonchev–Trinajstić information content (AvgIpc) is 3.22. The van der Waals surface area contributed by atoms with Gasteiger partial charge in [-0.2, -0.15) is 0 Å². The van der Waals surface area contributed by atoms with E-state index in [1.807, 2.05) is 0 Å². The standard InChI is InChI=1S/C52H103NO4/c1-3-5-7-9-11-13-15-17-18-19-20-21-22-23-24-25-26-27-28-29-30-31-32-33-35-37-39-41-43-45-47-51(56)53-49(48-54)52(57)50(55)46-44-42-40-38-36-34-16-14-12-10-8-6-4-2/h23-24,49-50,52,54-55,57H,3-22,25-48H2,1-2H3,(H,53,56)/b24-23-.